The summed E-state index contributed by atoms with van der Waals surface area (Å²) in [5.41, 5.74) is 0.847. The van der Waals surface area contributed by atoms with Gasteiger partial charge in [-0.2, -0.15) is 0 Å². The van der Waals surface area contributed by atoms with Gasteiger partial charge >= 0.3 is 0 Å². The van der Waals surface area contributed by atoms with Crippen molar-refractivity contribution in [2.24, 2.45) is 7.05 Å². The number of imidazole rings is 1. The lowest BCUT2D eigenvalue weighted by atomic mass is 10.1. The van der Waals surface area contributed by atoms with Gasteiger partial charge in [-0.05, 0) is 18.9 Å². The highest BCUT2D eigenvalue weighted by Gasteiger charge is 2.30. The fraction of sp³-hybridized carbons (Fsp3) is 0.412. The van der Waals surface area contributed by atoms with Gasteiger partial charge in [0.25, 0.3) is 0 Å². The molecule has 24 heavy (non-hydrogen) atoms. The maximum Gasteiger partial charge on any atom is 0.238 e. The van der Waals surface area contributed by atoms with Crippen LogP contribution in [0.4, 0.5) is 0 Å². The van der Waals surface area contributed by atoms with E-state index < -0.39 is 27.0 Å². The molecule has 0 unspecified atom stereocenters. The summed E-state index contributed by atoms with van der Waals surface area (Å²) in [6.07, 6.45) is 3.92. The molecule has 2 aromatic rings. The number of benzene rings is 1. The number of nitrogens with zero attached hydrogens (tertiary/aromatic N) is 2. The van der Waals surface area contributed by atoms with Crippen LogP contribution in [0.2, 0.25) is 0 Å². The van der Waals surface area contributed by atoms with Crippen molar-refractivity contribution in [3.8, 4) is 0 Å². The molecule has 130 valence electrons. The number of sulfone groups is 1. The van der Waals surface area contributed by atoms with Crippen molar-refractivity contribution < 1.29 is 13.2 Å². The number of aryl methyl sites for hydroxylation is 1. The number of rotatable bonds is 7. The van der Waals surface area contributed by atoms with Crippen molar-refractivity contribution in [2.75, 3.05) is 5.75 Å². The molecule has 1 N–H and O–H groups in total. The SMILES string of the molecule is CCCS(=O)(=O)[C@H](C)C(=O)N[C@@H](c1ccccc1)c1nccn1C. The Morgan fingerprint density at radius 3 is 2.50 bits per heavy atom. The molecule has 6 nitrogen and oxygen atoms in total. The molecule has 7 heteroatoms. The van der Waals surface area contributed by atoms with Crippen molar-refractivity contribution in [3.63, 3.8) is 0 Å². The molecule has 1 aromatic carbocycles. The van der Waals surface area contributed by atoms with Crippen LogP contribution < -0.4 is 5.32 Å². The molecular formula is C17H23N3O3S. The van der Waals surface area contributed by atoms with E-state index in [1.165, 1.54) is 6.92 Å². The van der Waals surface area contributed by atoms with E-state index in [1.54, 1.807) is 19.3 Å². The molecule has 0 saturated heterocycles. The molecule has 1 aromatic heterocycles. The van der Waals surface area contributed by atoms with E-state index in [0.29, 0.717) is 12.2 Å². The topological polar surface area (TPSA) is 81.1 Å². The van der Waals surface area contributed by atoms with E-state index in [0.717, 1.165) is 5.56 Å². The highest BCUT2D eigenvalue weighted by atomic mass is 32.2. The van der Waals surface area contributed by atoms with Gasteiger partial charge in [-0.25, -0.2) is 13.4 Å². The van der Waals surface area contributed by atoms with Crippen molar-refractivity contribution in [1.82, 2.24) is 14.9 Å². The Morgan fingerprint density at radius 2 is 1.96 bits per heavy atom. The molecule has 0 aliphatic carbocycles. The lowest BCUT2D eigenvalue weighted by molar-refractivity contribution is -0.121. The van der Waals surface area contributed by atoms with E-state index in [4.69, 9.17) is 0 Å². The van der Waals surface area contributed by atoms with E-state index in [9.17, 15) is 13.2 Å². The minimum atomic E-state index is -3.46. The van der Waals surface area contributed by atoms with Gasteiger partial charge in [0, 0.05) is 19.4 Å². The second kappa shape index (κ2) is 7.61. The molecule has 1 amide bonds. The van der Waals surface area contributed by atoms with Gasteiger partial charge < -0.3 is 9.88 Å². The van der Waals surface area contributed by atoms with Crippen LogP contribution >= 0.6 is 0 Å². The first kappa shape index (κ1) is 18.2. The Bertz CT molecular complexity index is 784. The van der Waals surface area contributed by atoms with Crippen LogP contribution in [0, 0.1) is 0 Å². The lowest BCUT2D eigenvalue weighted by Gasteiger charge is -2.21. The standard InChI is InChI=1S/C17H23N3O3S/c1-4-12-24(22,23)13(2)17(21)19-15(14-8-6-5-7-9-14)16-18-10-11-20(16)3/h5-11,13,15H,4,12H2,1-3H3,(H,19,21)/t13-,15+/m1/s1. The zero-order valence-electron chi connectivity index (χ0n) is 14.1. The molecule has 2 rings (SSSR count). The molecule has 1 heterocycles. The molecule has 0 fully saturated rings. The molecule has 0 aliphatic rings. The summed E-state index contributed by atoms with van der Waals surface area (Å²) in [7, 11) is -1.62. The number of hydrogen-bond donors (Lipinski definition) is 1. The minimum Gasteiger partial charge on any atom is -0.341 e. The first-order valence-corrected chi connectivity index (χ1v) is 9.62. The Labute approximate surface area is 142 Å². The third-order valence-corrected chi connectivity index (χ3v) is 6.20. The maximum absolute atomic E-state index is 12.5. The fourth-order valence-electron chi connectivity index (χ4n) is 2.48. The number of nitrogens with one attached hydrogen (secondary N) is 1. The number of hydrogen-bond acceptors (Lipinski definition) is 4. The molecule has 0 aliphatic heterocycles. The van der Waals surface area contributed by atoms with E-state index in [1.807, 2.05) is 41.9 Å². The summed E-state index contributed by atoms with van der Waals surface area (Å²) in [5, 5.41) is 1.75. The minimum absolute atomic E-state index is 0.00000488. The summed E-state index contributed by atoms with van der Waals surface area (Å²) in [6, 6.07) is 8.88. The average Bonchev–Trinajstić information content (AvgIpc) is 2.98. The summed E-state index contributed by atoms with van der Waals surface area (Å²) < 4.78 is 26.1. The predicted molar refractivity (Wildman–Crippen MR) is 93.2 cm³/mol. The molecule has 2 atom stereocenters. The van der Waals surface area contributed by atoms with Gasteiger partial charge in [0.05, 0.1) is 5.75 Å². The Hall–Kier alpha value is -2.15. The van der Waals surface area contributed by atoms with Gasteiger partial charge in [0.15, 0.2) is 9.84 Å². The molecular weight excluding hydrogens is 326 g/mol. The zero-order chi connectivity index (χ0) is 17.7. The monoisotopic (exact) mass is 349 g/mol. The van der Waals surface area contributed by atoms with Gasteiger partial charge in [0.2, 0.25) is 5.91 Å². The summed E-state index contributed by atoms with van der Waals surface area (Å²) in [5.74, 6) is 0.134. The molecule has 0 spiro atoms. The summed E-state index contributed by atoms with van der Waals surface area (Å²) >= 11 is 0. The lowest BCUT2D eigenvalue weighted by Crippen LogP contribution is -2.41. The number of amides is 1. The van der Waals surface area contributed by atoms with Gasteiger partial charge in [-0.3, -0.25) is 4.79 Å². The van der Waals surface area contributed by atoms with E-state index >= 15 is 0 Å². The fourth-order valence-corrected chi connectivity index (χ4v) is 3.80. The first-order chi connectivity index (χ1) is 11.4. The van der Waals surface area contributed by atoms with Crippen LogP contribution in [-0.4, -0.2) is 34.9 Å². The van der Waals surface area contributed by atoms with Gasteiger partial charge in [-0.1, -0.05) is 37.3 Å². The third-order valence-electron chi connectivity index (χ3n) is 3.93. The van der Waals surface area contributed by atoms with Gasteiger partial charge in [-0.15, -0.1) is 0 Å². The van der Waals surface area contributed by atoms with Crippen molar-refractivity contribution >= 4 is 15.7 Å². The van der Waals surface area contributed by atoms with E-state index in [2.05, 4.69) is 10.3 Å². The highest BCUT2D eigenvalue weighted by molar-refractivity contribution is 7.92. The smallest absolute Gasteiger partial charge is 0.238 e. The van der Waals surface area contributed by atoms with Crippen LogP contribution in [0.3, 0.4) is 0 Å². The van der Waals surface area contributed by atoms with Gasteiger partial charge in [0.1, 0.15) is 17.1 Å². The van der Waals surface area contributed by atoms with E-state index in [-0.39, 0.29) is 5.75 Å². The second-order valence-electron chi connectivity index (χ2n) is 5.76. The number of carbonyl (C=O) groups is 1. The predicted octanol–water partition coefficient (Wildman–Crippen LogP) is 1.84. The van der Waals surface area contributed by atoms with Crippen molar-refractivity contribution in [1.29, 1.82) is 0 Å². The normalized spacial score (nSPS) is 14.1. The quantitative estimate of drug-likeness (QED) is 0.827. The average molecular weight is 349 g/mol. The third kappa shape index (κ3) is 4.03. The van der Waals surface area contributed by atoms with Crippen molar-refractivity contribution in [3.05, 3.63) is 54.1 Å². The summed E-state index contributed by atoms with van der Waals surface area (Å²) in [6.45, 7) is 3.21. The second-order valence-corrected chi connectivity index (χ2v) is 8.20. The van der Waals surface area contributed by atoms with Crippen LogP contribution in [0.1, 0.15) is 37.7 Å². The number of carbonyl (C=O) groups excluding carboxylic acids is 1. The largest absolute Gasteiger partial charge is 0.341 e. The van der Waals surface area contributed by atoms with Crippen molar-refractivity contribution in [2.45, 2.75) is 31.6 Å². The molecule has 0 radical (unpaired) electrons. The highest BCUT2D eigenvalue weighted by Crippen LogP contribution is 2.21. The first-order valence-electron chi connectivity index (χ1n) is 7.91. The van der Waals surface area contributed by atoms with Crippen LogP contribution in [0.5, 0.6) is 0 Å². The zero-order valence-corrected chi connectivity index (χ0v) is 15.0. The Balaban J connectivity index is 2.30. The van der Waals surface area contributed by atoms with Crippen LogP contribution in [0.25, 0.3) is 0 Å². The molecule has 0 bridgehead atoms. The Kier molecular flexibility index (Phi) is 5.77. The number of aromatic nitrogens is 2. The Morgan fingerprint density at radius 1 is 1.29 bits per heavy atom. The maximum atomic E-state index is 12.5. The van der Waals surface area contributed by atoms with Crippen LogP contribution in [0.15, 0.2) is 42.7 Å². The molecule has 0 saturated carbocycles. The van der Waals surface area contributed by atoms with Crippen LogP contribution in [-0.2, 0) is 21.7 Å². The summed E-state index contributed by atoms with van der Waals surface area (Å²) in [4.78, 5) is 16.8.